The highest BCUT2D eigenvalue weighted by Crippen LogP contribution is 2.42. The second kappa shape index (κ2) is 6.93. The van der Waals surface area contributed by atoms with Crippen molar-refractivity contribution in [3.8, 4) is 0 Å². The summed E-state index contributed by atoms with van der Waals surface area (Å²) in [6.45, 7) is 6.01. The van der Waals surface area contributed by atoms with E-state index < -0.39 is 0 Å². The van der Waals surface area contributed by atoms with Crippen LogP contribution in [0, 0.1) is 11.8 Å². The van der Waals surface area contributed by atoms with Crippen LogP contribution in [0.3, 0.4) is 0 Å². The molecule has 1 saturated carbocycles. The summed E-state index contributed by atoms with van der Waals surface area (Å²) in [5.74, 6) is 2.00. The van der Waals surface area contributed by atoms with Crippen molar-refractivity contribution < 1.29 is 0 Å². The molecule has 0 radical (unpaired) electrons. The third-order valence-corrected chi connectivity index (χ3v) is 5.68. The van der Waals surface area contributed by atoms with Crippen molar-refractivity contribution in [2.45, 2.75) is 90.0 Å². The van der Waals surface area contributed by atoms with Crippen LogP contribution >= 0.6 is 0 Å². The molecular formula is C17H33N. The molecule has 1 heteroatoms. The zero-order valence-electron chi connectivity index (χ0n) is 12.6. The van der Waals surface area contributed by atoms with Crippen molar-refractivity contribution in [3.05, 3.63) is 0 Å². The van der Waals surface area contributed by atoms with Gasteiger partial charge in [0.25, 0.3) is 0 Å². The second-order valence-corrected chi connectivity index (χ2v) is 6.77. The third-order valence-electron chi connectivity index (χ3n) is 5.68. The van der Waals surface area contributed by atoms with Gasteiger partial charge in [0.05, 0.1) is 0 Å². The molecule has 1 heterocycles. The van der Waals surface area contributed by atoms with Crippen molar-refractivity contribution in [1.82, 2.24) is 5.32 Å². The van der Waals surface area contributed by atoms with E-state index in [2.05, 4.69) is 19.2 Å². The Labute approximate surface area is 114 Å². The van der Waals surface area contributed by atoms with Gasteiger partial charge in [0.15, 0.2) is 0 Å². The Morgan fingerprint density at radius 3 is 2.44 bits per heavy atom. The van der Waals surface area contributed by atoms with Crippen molar-refractivity contribution in [2.75, 3.05) is 6.54 Å². The van der Waals surface area contributed by atoms with E-state index in [9.17, 15) is 0 Å². The highest BCUT2D eigenvalue weighted by Gasteiger charge is 2.39. The van der Waals surface area contributed by atoms with Gasteiger partial charge >= 0.3 is 0 Å². The average Bonchev–Trinajstić information content (AvgIpc) is 2.66. The van der Waals surface area contributed by atoms with E-state index in [1.807, 2.05) is 0 Å². The Hall–Kier alpha value is -0.0400. The molecule has 0 bridgehead atoms. The summed E-state index contributed by atoms with van der Waals surface area (Å²) in [6, 6.07) is 0. The van der Waals surface area contributed by atoms with E-state index in [4.69, 9.17) is 0 Å². The van der Waals surface area contributed by atoms with Gasteiger partial charge in [-0.15, -0.1) is 0 Å². The Kier molecular flexibility index (Phi) is 5.54. The lowest BCUT2D eigenvalue weighted by atomic mass is 9.68. The summed E-state index contributed by atoms with van der Waals surface area (Å²) in [7, 11) is 0. The molecule has 0 aromatic rings. The smallest absolute Gasteiger partial charge is 0.0209 e. The Balaban J connectivity index is 2.00. The van der Waals surface area contributed by atoms with Gasteiger partial charge in [-0.3, -0.25) is 0 Å². The summed E-state index contributed by atoms with van der Waals surface area (Å²) in [6.07, 6.45) is 15.9. The highest BCUT2D eigenvalue weighted by atomic mass is 15.0. The Bertz CT molecular complexity index is 220. The van der Waals surface area contributed by atoms with Gasteiger partial charge in [0, 0.05) is 5.54 Å². The van der Waals surface area contributed by atoms with Gasteiger partial charge in [-0.2, -0.15) is 0 Å². The van der Waals surface area contributed by atoms with Crippen LogP contribution < -0.4 is 5.32 Å². The van der Waals surface area contributed by atoms with Crippen molar-refractivity contribution in [3.63, 3.8) is 0 Å². The zero-order valence-corrected chi connectivity index (χ0v) is 12.6. The summed E-state index contributed by atoms with van der Waals surface area (Å²) >= 11 is 0. The zero-order chi connectivity index (χ0) is 12.8. The monoisotopic (exact) mass is 251 g/mol. The molecule has 1 unspecified atom stereocenters. The first-order chi connectivity index (χ1) is 8.80. The maximum absolute atomic E-state index is 4.00. The standard InChI is InChI=1S/C17H33N/c1-3-12-17(13-6-5-7-14-18-17)16-10-8-15(4-2)9-11-16/h15-16,18H,3-14H2,1-2H3. The maximum atomic E-state index is 4.00. The van der Waals surface area contributed by atoms with Crippen LogP contribution in [0.1, 0.15) is 84.5 Å². The van der Waals surface area contributed by atoms with Crippen LogP contribution in [0.4, 0.5) is 0 Å². The molecule has 0 aromatic heterocycles. The molecule has 1 aliphatic carbocycles. The molecule has 1 N–H and O–H groups in total. The lowest BCUT2D eigenvalue weighted by Crippen LogP contribution is -2.51. The minimum atomic E-state index is 0.518. The number of hydrogen-bond donors (Lipinski definition) is 1. The van der Waals surface area contributed by atoms with Crippen LogP contribution in [-0.4, -0.2) is 12.1 Å². The SMILES string of the molecule is CCCC1(C2CCC(CC)CC2)CCCCCN1. The number of hydrogen-bond acceptors (Lipinski definition) is 1. The van der Waals surface area contributed by atoms with Crippen LogP contribution in [-0.2, 0) is 0 Å². The summed E-state index contributed by atoms with van der Waals surface area (Å²) in [5, 5.41) is 4.00. The Morgan fingerprint density at radius 1 is 1.00 bits per heavy atom. The molecule has 0 aromatic carbocycles. The summed E-state index contributed by atoms with van der Waals surface area (Å²) < 4.78 is 0. The first-order valence-corrected chi connectivity index (χ1v) is 8.55. The number of rotatable bonds is 4. The molecule has 1 saturated heterocycles. The summed E-state index contributed by atoms with van der Waals surface area (Å²) in [5.41, 5.74) is 0.518. The average molecular weight is 251 g/mol. The fraction of sp³-hybridized carbons (Fsp3) is 1.00. The second-order valence-electron chi connectivity index (χ2n) is 6.77. The Morgan fingerprint density at radius 2 is 1.78 bits per heavy atom. The molecule has 1 atom stereocenters. The minimum absolute atomic E-state index is 0.518. The lowest BCUT2D eigenvalue weighted by molar-refractivity contribution is 0.120. The predicted octanol–water partition coefficient (Wildman–Crippen LogP) is 4.91. The van der Waals surface area contributed by atoms with E-state index >= 15 is 0 Å². The van der Waals surface area contributed by atoms with Crippen molar-refractivity contribution >= 4 is 0 Å². The first-order valence-electron chi connectivity index (χ1n) is 8.55. The molecule has 0 spiro atoms. The molecule has 1 nitrogen and oxygen atoms in total. The molecular weight excluding hydrogens is 218 g/mol. The number of nitrogens with one attached hydrogen (secondary N) is 1. The molecule has 2 rings (SSSR count). The third kappa shape index (κ3) is 3.29. The quantitative estimate of drug-likeness (QED) is 0.749. The van der Waals surface area contributed by atoms with Gasteiger partial charge in [-0.05, 0) is 50.5 Å². The minimum Gasteiger partial charge on any atom is -0.311 e. The largest absolute Gasteiger partial charge is 0.311 e. The van der Waals surface area contributed by atoms with E-state index in [1.165, 1.54) is 77.2 Å². The first kappa shape index (κ1) is 14.4. The molecule has 18 heavy (non-hydrogen) atoms. The van der Waals surface area contributed by atoms with Gasteiger partial charge in [-0.1, -0.05) is 52.4 Å². The van der Waals surface area contributed by atoms with Gasteiger partial charge < -0.3 is 5.32 Å². The predicted molar refractivity (Wildman–Crippen MR) is 79.8 cm³/mol. The van der Waals surface area contributed by atoms with Crippen LogP contribution in [0.5, 0.6) is 0 Å². The molecule has 2 aliphatic rings. The molecule has 106 valence electrons. The van der Waals surface area contributed by atoms with Crippen LogP contribution in [0.15, 0.2) is 0 Å². The van der Waals surface area contributed by atoms with Crippen LogP contribution in [0.2, 0.25) is 0 Å². The van der Waals surface area contributed by atoms with E-state index in [1.54, 1.807) is 0 Å². The normalized spacial score (nSPS) is 38.3. The molecule has 0 amide bonds. The van der Waals surface area contributed by atoms with Crippen LogP contribution in [0.25, 0.3) is 0 Å². The fourth-order valence-corrected chi connectivity index (χ4v) is 4.50. The molecule has 2 fully saturated rings. The molecule has 1 aliphatic heterocycles. The van der Waals surface area contributed by atoms with E-state index in [0.717, 1.165) is 11.8 Å². The van der Waals surface area contributed by atoms with Gasteiger partial charge in [-0.25, -0.2) is 0 Å². The maximum Gasteiger partial charge on any atom is 0.0209 e. The van der Waals surface area contributed by atoms with Crippen molar-refractivity contribution in [2.24, 2.45) is 11.8 Å². The van der Waals surface area contributed by atoms with Gasteiger partial charge in [0.1, 0.15) is 0 Å². The topological polar surface area (TPSA) is 12.0 Å². The lowest BCUT2D eigenvalue weighted by Gasteiger charge is -2.44. The fourth-order valence-electron chi connectivity index (χ4n) is 4.50. The van der Waals surface area contributed by atoms with Crippen molar-refractivity contribution in [1.29, 1.82) is 0 Å². The highest BCUT2D eigenvalue weighted by molar-refractivity contribution is 4.97. The van der Waals surface area contributed by atoms with Gasteiger partial charge in [0.2, 0.25) is 0 Å². The van der Waals surface area contributed by atoms with E-state index in [0.29, 0.717) is 5.54 Å². The summed E-state index contributed by atoms with van der Waals surface area (Å²) in [4.78, 5) is 0. The van der Waals surface area contributed by atoms with E-state index in [-0.39, 0.29) is 0 Å².